The summed E-state index contributed by atoms with van der Waals surface area (Å²) in [6.45, 7) is 3.49. The highest BCUT2D eigenvalue weighted by molar-refractivity contribution is 7.87. The highest BCUT2D eigenvalue weighted by Gasteiger charge is 2.42. The molecule has 1 aromatic carbocycles. The predicted octanol–water partition coefficient (Wildman–Crippen LogP) is 1.66. The third-order valence-electron chi connectivity index (χ3n) is 5.22. The molecule has 25 heavy (non-hydrogen) atoms. The van der Waals surface area contributed by atoms with Crippen LogP contribution in [0.3, 0.4) is 0 Å². The summed E-state index contributed by atoms with van der Waals surface area (Å²) in [4.78, 5) is 14.7. The largest absolute Gasteiger partial charge is 0.341 e. The molecule has 0 unspecified atom stereocenters. The maximum absolute atomic E-state index is 13.1. The van der Waals surface area contributed by atoms with Crippen LogP contribution in [0.5, 0.6) is 0 Å². The summed E-state index contributed by atoms with van der Waals surface area (Å²) in [7, 11) is -2.34. The fraction of sp³-hybridized carbons (Fsp3) is 0.588. The van der Waals surface area contributed by atoms with Gasteiger partial charge in [-0.3, -0.25) is 4.79 Å². The number of likely N-dealkylation sites (tertiary alicyclic amines) is 1. The number of hydrogen-bond donors (Lipinski definition) is 1. The van der Waals surface area contributed by atoms with Gasteiger partial charge in [-0.2, -0.15) is 17.4 Å². The summed E-state index contributed by atoms with van der Waals surface area (Å²) >= 11 is 0. The van der Waals surface area contributed by atoms with E-state index in [1.54, 1.807) is 17.0 Å². The van der Waals surface area contributed by atoms with E-state index in [2.05, 4.69) is 11.6 Å². The lowest BCUT2D eigenvalue weighted by Gasteiger charge is -2.40. The molecular formula is C17H24FN3O3S. The molecule has 0 aromatic heterocycles. The number of carbonyl (C=O) groups excluding carboxylic acids is 1. The Morgan fingerprint density at radius 2 is 1.80 bits per heavy atom. The van der Waals surface area contributed by atoms with E-state index in [0.717, 1.165) is 17.1 Å². The van der Waals surface area contributed by atoms with Crippen molar-refractivity contribution in [2.45, 2.75) is 38.3 Å². The summed E-state index contributed by atoms with van der Waals surface area (Å²) in [6.07, 6.45) is 2.20. The van der Waals surface area contributed by atoms with Gasteiger partial charge in [0, 0.05) is 26.2 Å². The van der Waals surface area contributed by atoms with Crippen LogP contribution in [0.25, 0.3) is 0 Å². The van der Waals surface area contributed by atoms with E-state index in [1.807, 2.05) is 0 Å². The zero-order chi connectivity index (χ0) is 18.2. The number of hydrogen-bond acceptors (Lipinski definition) is 3. The van der Waals surface area contributed by atoms with Crippen LogP contribution in [0.2, 0.25) is 0 Å². The first-order valence-electron chi connectivity index (χ1n) is 8.57. The van der Waals surface area contributed by atoms with Crippen LogP contribution in [0.15, 0.2) is 24.3 Å². The molecular weight excluding hydrogens is 345 g/mol. The molecule has 2 saturated heterocycles. The van der Waals surface area contributed by atoms with Crippen molar-refractivity contribution in [3.63, 3.8) is 0 Å². The van der Waals surface area contributed by atoms with Gasteiger partial charge in [0.2, 0.25) is 5.91 Å². The Morgan fingerprint density at radius 3 is 2.40 bits per heavy atom. The Labute approximate surface area is 148 Å². The normalized spacial score (nSPS) is 28.0. The number of benzene rings is 1. The Hall–Kier alpha value is -1.51. The number of likely N-dealkylation sites (N-methyl/N-ethyl adjacent to an activating group) is 1. The van der Waals surface area contributed by atoms with Crippen molar-refractivity contribution >= 4 is 16.1 Å². The lowest BCUT2D eigenvalue weighted by Crippen LogP contribution is -2.58. The van der Waals surface area contributed by atoms with Gasteiger partial charge in [0.25, 0.3) is 10.2 Å². The molecule has 1 N–H and O–H groups in total. The molecule has 2 heterocycles. The molecule has 2 aliphatic rings. The lowest BCUT2D eigenvalue weighted by molar-refractivity contribution is -0.137. The van der Waals surface area contributed by atoms with Gasteiger partial charge in [0.15, 0.2) is 0 Å². The van der Waals surface area contributed by atoms with Crippen LogP contribution >= 0.6 is 0 Å². The standard InChI is InChI=1S/C17H24FN3O3S/c1-12-7-9-21(10-8-12)17(22)16-11-15(19-25(23,24)20(16)2)13-3-5-14(18)6-4-13/h3-6,12,15-16,19H,7-11H2,1-2H3/t15-,16+/m0/s1. The van der Waals surface area contributed by atoms with Crippen molar-refractivity contribution in [1.29, 1.82) is 0 Å². The zero-order valence-corrected chi connectivity index (χ0v) is 15.3. The molecule has 0 bridgehead atoms. The van der Waals surface area contributed by atoms with E-state index >= 15 is 0 Å². The fourth-order valence-corrected chi connectivity index (χ4v) is 4.71. The van der Waals surface area contributed by atoms with Gasteiger partial charge in [-0.15, -0.1) is 0 Å². The van der Waals surface area contributed by atoms with Crippen LogP contribution < -0.4 is 4.72 Å². The molecule has 6 nitrogen and oxygen atoms in total. The molecule has 0 aliphatic carbocycles. The minimum atomic E-state index is -3.77. The predicted molar refractivity (Wildman–Crippen MR) is 92.3 cm³/mol. The summed E-state index contributed by atoms with van der Waals surface area (Å²) in [5, 5.41) is 0. The summed E-state index contributed by atoms with van der Waals surface area (Å²) in [5.41, 5.74) is 0.656. The SMILES string of the molecule is CC1CCN(C(=O)[C@H]2C[C@@H](c3ccc(F)cc3)NS(=O)(=O)N2C)CC1. The third kappa shape index (κ3) is 3.86. The fourth-order valence-electron chi connectivity index (χ4n) is 3.45. The van der Waals surface area contributed by atoms with Crippen LogP contribution in [0, 0.1) is 11.7 Å². The Bertz CT molecular complexity index is 730. The first kappa shape index (κ1) is 18.3. The average molecular weight is 369 g/mol. The second kappa shape index (κ2) is 7.01. The highest BCUT2D eigenvalue weighted by Crippen LogP contribution is 2.29. The van der Waals surface area contributed by atoms with Crippen molar-refractivity contribution < 1.29 is 17.6 Å². The molecule has 0 saturated carbocycles. The molecule has 0 spiro atoms. The van der Waals surface area contributed by atoms with E-state index < -0.39 is 22.3 Å². The first-order valence-corrected chi connectivity index (χ1v) is 10.0. The van der Waals surface area contributed by atoms with E-state index in [9.17, 15) is 17.6 Å². The number of piperidine rings is 1. The minimum absolute atomic E-state index is 0.147. The number of nitrogens with zero attached hydrogens (tertiary/aromatic N) is 2. The Kier molecular flexibility index (Phi) is 5.13. The van der Waals surface area contributed by atoms with Crippen molar-refractivity contribution in [2.24, 2.45) is 5.92 Å². The average Bonchev–Trinajstić information content (AvgIpc) is 2.58. The smallest absolute Gasteiger partial charge is 0.280 e. The van der Waals surface area contributed by atoms with Crippen LogP contribution in [-0.2, 0) is 15.0 Å². The van der Waals surface area contributed by atoms with Crippen LogP contribution in [0.4, 0.5) is 4.39 Å². The minimum Gasteiger partial charge on any atom is -0.341 e. The highest BCUT2D eigenvalue weighted by atomic mass is 32.2. The molecule has 2 fully saturated rings. The van der Waals surface area contributed by atoms with E-state index in [4.69, 9.17) is 0 Å². The Balaban J connectivity index is 1.82. The van der Waals surface area contributed by atoms with Gasteiger partial charge < -0.3 is 4.90 Å². The second-order valence-electron chi connectivity index (χ2n) is 7.00. The van der Waals surface area contributed by atoms with Crippen molar-refractivity contribution in [2.75, 3.05) is 20.1 Å². The summed E-state index contributed by atoms with van der Waals surface area (Å²) in [5.74, 6) is 0.0617. The molecule has 1 aromatic rings. The Morgan fingerprint density at radius 1 is 1.20 bits per heavy atom. The number of amides is 1. The molecule has 2 aliphatic heterocycles. The maximum Gasteiger partial charge on any atom is 0.280 e. The number of nitrogens with one attached hydrogen (secondary N) is 1. The van der Waals surface area contributed by atoms with Gasteiger partial charge in [0.1, 0.15) is 11.9 Å². The van der Waals surface area contributed by atoms with Gasteiger partial charge in [-0.25, -0.2) is 4.39 Å². The van der Waals surface area contributed by atoms with E-state index in [1.165, 1.54) is 19.2 Å². The molecule has 138 valence electrons. The van der Waals surface area contributed by atoms with Crippen molar-refractivity contribution in [3.05, 3.63) is 35.6 Å². The maximum atomic E-state index is 13.1. The monoisotopic (exact) mass is 369 g/mol. The van der Waals surface area contributed by atoms with Crippen LogP contribution in [0.1, 0.15) is 37.8 Å². The molecule has 1 amide bonds. The summed E-state index contributed by atoms with van der Waals surface area (Å²) in [6, 6.07) is 4.42. The third-order valence-corrected chi connectivity index (χ3v) is 6.82. The van der Waals surface area contributed by atoms with Gasteiger partial charge in [0.05, 0.1) is 0 Å². The van der Waals surface area contributed by atoms with E-state index in [0.29, 0.717) is 31.0 Å². The molecule has 0 radical (unpaired) electrons. The van der Waals surface area contributed by atoms with Crippen LogP contribution in [-0.4, -0.2) is 49.7 Å². The second-order valence-corrected chi connectivity index (χ2v) is 8.76. The zero-order valence-electron chi connectivity index (χ0n) is 14.5. The van der Waals surface area contributed by atoms with Gasteiger partial charge in [-0.1, -0.05) is 19.1 Å². The molecule has 2 atom stereocenters. The number of halogens is 1. The van der Waals surface area contributed by atoms with Crippen molar-refractivity contribution in [1.82, 2.24) is 13.9 Å². The van der Waals surface area contributed by atoms with E-state index in [-0.39, 0.29) is 11.7 Å². The summed E-state index contributed by atoms with van der Waals surface area (Å²) < 4.78 is 41.7. The lowest BCUT2D eigenvalue weighted by atomic mass is 9.96. The van der Waals surface area contributed by atoms with Crippen molar-refractivity contribution in [3.8, 4) is 0 Å². The first-order chi connectivity index (χ1) is 11.8. The molecule has 3 rings (SSSR count). The quantitative estimate of drug-likeness (QED) is 0.862. The number of rotatable bonds is 2. The number of carbonyl (C=O) groups is 1. The van der Waals surface area contributed by atoms with Gasteiger partial charge >= 0.3 is 0 Å². The topological polar surface area (TPSA) is 69.7 Å². The molecule has 8 heteroatoms. The van der Waals surface area contributed by atoms with Gasteiger partial charge in [-0.05, 0) is 42.9 Å².